The van der Waals surface area contributed by atoms with Crippen molar-refractivity contribution in [1.82, 2.24) is 5.32 Å². The molecular formula is C21H25NOS. The second-order valence-electron chi connectivity index (χ2n) is 6.69. The van der Waals surface area contributed by atoms with Gasteiger partial charge in [0.15, 0.2) is 0 Å². The number of aryl methyl sites for hydroxylation is 3. The number of hydrogen-bond acceptors (Lipinski definition) is 2. The van der Waals surface area contributed by atoms with E-state index >= 15 is 0 Å². The summed E-state index contributed by atoms with van der Waals surface area (Å²) < 4.78 is 0. The highest BCUT2D eigenvalue weighted by atomic mass is 32.2. The molecule has 0 heterocycles. The van der Waals surface area contributed by atoms with Crippen molar-refractivity contribution in [2.24, 2.45) is 0 Å². The molecule has 126 valence electrons. The summed E-state index contributed by atoms with van der Waals surface area (Å²) in [5.41, 5.74) is 5.37. The topological polar surface area (TPSA) is 29.1 Å². The van der Waals surface area contributed by atoms with Crippen molar-refractivity contribution in [1.29, 1.82) is 0 Å². The van der Waals surface area contributed by atoms with Crippen molar-refractivity contribution in [3.8, 4) is 0 Å². The second-order valence-corrected chi connectivity index (χ2v) is 8.10. The van der Waals surface area contributed by atoms with Crippen LogP contribution in [0.1, 0.15) is 48.6 Å². The molecule has 0 saturated heterocycles. The monoisotopic (exact) mass is 339 g/mol. The maximum atomic E-state index is 12.5. The summed E-state index contributed by atoms with van der Waals surface area (Å²) in [4.78, 5) is 13.6. The highest BCUT2D eigenvalue weighted by Gasteiger charge is 2.19. The van der Waals surface area contributed by atoms with Crippen LogP contribution < -0.4 is 5.32 Å². The summed E-state index contributed by atoms with van der Waals surface area (Å²) in [7, 11) is 0. The van der Waals surface area contributed by atoms with Crippen LogP contribution in [0.15, 0.2) is 47.4 Å². The van der Waals surface area contributed by atoms with Gasteiger partial charge in [0.1, 0.15) is 0 Å². The lowest BCUT2D eigenvalue weighted by atomic mass is 10.0. The zero-order valence-electron chi connectivity index (χ0n) is 14.6. The van der Waals surface area contributed by atoms with Crippen LogP contribution in [0.25, 0.3) is 0 Å². The molecule has 24 heavy (non-hydrogen) atoms. The van der Waals surface area contributed by atoms with Crippen molar-refractivity contribution >= 4 is 17.7 Å². The summed E-state index contributed by atoms with van der Waals surface area (Å²) in [5, 5.41) is 3.05. The smallest absolute Gasteiger partial charge is 0.233 e. The quantitative estimate of drug-likeness (QED) is 0.790. The first-order valence-corrected chi connectivity index (χ1v) is 9.56. The largest absolute Gasteiger partial charge is 0.349 e. The van der Waals surface area contributed by atoms with Crippen LogP contribution in [-0.4, -0.2) is 11.2 Å². The van der Waals surface area contributed by atoms with Gasteiger partial charge in [0.2, 0.25) is 5.91 Å². The third-order valence-electron chi connectivity index (χ3n) is 4.68. The zero-order chi connectivity index (χ0) is 17.1. The average molecular weight is 340 g/mol. The molecular weight excluding hydrogens is 314 g/mol. The fraction of sp³-hybridized carbons (Fsp3) is 0.381. The number of rotatable bonds is 5. The second kappa shape index (κ2) is 7.43. The van der Waals surface area contributed by atoms with E-state index in [1.54, 1.807) is 11.8 Å². The van der Waals surface area contributed by atoms with Crippen molar-refractivity contribution in [2.75, 3.05) is 0 Å². The molecule has 2 aromatic rings. The third-order valence-corrected chi connectivity index (χ3v) is 5.80. The first-order chi connectivity index (χ1) is 11.5. The lowest BCUT2D eigenvalue weighted by Crippen LogP contribution is -2.33. The lowest BCUT2D eigenvalue weighted by Gasteiger charge is -2.18. The van der Waals surface area contributed by atoms with Gasteiger partial charge in [-0.25, -0.2) is 0 Å². The summed E-state index contributed by atoms with van der Waals surface area (Å²) >= 11 is 1.61. The number of carbonyl (C=O) groups is 1. The number of hydrogen-bond donors (Lipinski definition) is 1. The molecule has 3 heteroatoms. The van der Waals surface area contributed by atoms with Crippen LogP contribution >= 0.6 is 11.8 Å². The van der Waals surface area contributed by atoms with Gasteiger partial charge >= 0.3 is 0 Å². The van der Waals surface area contributed by atoms with Gasteiger partial charge in [0.25, 0.3) is 0 Å². The normalized spacial score (nSPS) is 15.6. The molecule has 0 bridgehead atoms. The van der Waals surface area contributed by atoms with Crippen LogP contribution in [0.3, 0.4) is 0 Å². The van der Waals surface area contributed by atoms with E-state index in [0.717, 1.165) is 4.90 Å². The Morgan fingerprint density at radius 2 is 1.75 bits per heavy atom. The van der Waals surface area contributed by atoms with Gasteiger partial charge in [0, 0.05) is 4.90 Å². The van der Waals surface area contributed by atoms with Crippen molar-refractivity contribution in [3.63, 3.8) is 0 Å². The van der Waals surface area contributed by atoms with Crippen LogP contribution in [0, 0.1) is 6.92 Å². The van der Waals surface area contributed by atoms with Gasteiger partial charge < -0.3 is 5.32 Å². The number of carbonyl (C=O) groups excluding carboxylic acids is 1. The number of amides is 1. The molecule has 0 unspecified atom stereocenters. The maximum Gasteiger partial charge on any atom is 0.233 e. The summed E-state index contributed by atoms with van der Waals surface area (Å²) in [6, 6.07) is 15.0. The minimum absolute atomic E-state index is 0.0458. The average Bonchev–Trinajstić information content (AvgIpc) is 3.04. The van der Waals surface area contributed by atoms with E-state index in [2.05, 4.69) is 61.6 Å². The van der Waals surface area contributed by atoms with Crippen LogP contribution in [-0.2, 0) is 17.6 Å². The summed E-state index contributed by atoms with van der Waals surface area (Å²) in [6.45, 7) is 6.11. The molecule has 0 aromatic heterocycles. The van der Waals surface area contributed by atoms with Crippen molar-refractivity contribution in [3.05, 3.63) is 64.7 Å². The van der Waals surface area contributed by atoms with E-state index in [1.807, 2.05) is 6.92 Å². The Bertz CT molecular complexity index is 723. The molecule has 0 aliphatic heterocycles. The molecule has 0 spiro atoms. The molecule has 0 fully saturated rings. The van der Waals surface area contributed by atoms with Gasteiger partial charge in [-0.2, -0.15) is 0 Å². The maximum absolute atomic E-state index is 12.5. The standard InChI is InChI=1S/C21H25NOS/c1-14-7-11-20(12-8-14)24-16(3)21(23)22-15(2)18-10-9-17-5-4-6-19(17)13-18/h7-13,15-16H,4-6H2,1-3H3,(H,22,23)/t15-,16+/m0/s1. The molecule has 0 radical (unpaired) electrons. The first-order valence-electron chi connectivity index (χ1n) is 8.68. The number of benzene rings is 2. The lowest BCUT2D eigenvalue weighted by molar-refractivity contribution is -0.120. The Kier molecular flexibility index (Phi) is 5.30. The molecule has 2 atom stereocenters. The minimum atomic E-state index is -0.107. The Morgan fingerprint density at radius 1 is 1.04 bits per heavy atom. The van der Waals surface area contributed by atoms with Gasteiger partial charge in [0.05, 0.1) is 11.3 Å². The van der Waals surface area contributed by atoms with E-state index in [4.69, 9.17) is 0 Å². The number of nitrogens with one attached hydrogen (secondary N) is 1. The molecule has 1 amide bonds. The Hall–Kier alpha value is -1.74. The predicted molar refractivity (Wildman–Crippen MR) is 102 cm³/mol. The highest BCUT2D eigenvalue weighted by Crippen LogP contribution is 2.27. The molecule has 1 N–H and O–H groups in total. The SMILES string of the molecule is Cc1ccc(S[C@H](C)C(=O)N[C@@H](C)c2ccc3c(c2)CCC3)cc1. The van der Waals surface area contributed by atoms with Crippen LogP contribution in [0.4, 0.5) is 0 Å². The van der Waals surface area contributed by atoms with Crippen LogP contribution in [0.2, 0.25) is 0 Å². The van der Waals surface area contributed by atoms with E-state index in [-0.39, 0.29) is 17.2 Å². The molecule has 3 rings (SSSR count). The van der Waals surface area contributed by atoms with Crippen LogP contribution in [0.5, 0.6) is 0 Å². The van der Waals surface area contributed by atoms with E-state index in [9.17, 15) is 4.79 Å². The van der Waals surface area contributed by atoms with Gasteiger partial charge in [-0.15, -0.1) is 11.8 Å². The summed E-state index contributed by atoms with van der Waals surface area (Å²) in [6.07, 6.45) is 3.62. The van der Waals surface area contributed by atoms with E-state index in [1.165, 1.54) is 41.5 Å². The molecule has 2 aromatic carbocycles. The first kappa shape index (κ1) is 17.1. The zero-order valence-corrected chi connectivity index (χ0v) is 15.5. The number of fused-ring (bicyclic) bond motifs is 1. The highest BCUT2D eigenvalue weighted by molar-refractivity contribution is 8.00. The third kappa shape index (κ3) is 4.02. The minimum Gasteiger partial charge on any atom is -0.349 e. The van der Waals surface area contributed by atoms with Crippen molar-refractivity contribution in [2.45, 2.75) is 56.2 Å². The predicted octanol–water partition coefficient (Wildman–Crippen LogP) is 4.84. The van der Waals surface area contributed by atoms with E-state index in [0.29, 0.717) is 0 Å². The van der Waals surface area contributed by atoms with Crippen molar-refractivity contribution < 1.29 is 4.79 Å². The Balaban J connectivity index is 1.60. The molecule has 0 saturated carbocycles. The Morgan fingerprint density at radius 3 is 2.50 bits per heavy atom. The fourth-order valence-electron chi connectivity index (χ4n) is 3.15. The Labute approximate surface area is 149 Å². The molecule has 1 aliphatic carbocycles. The van der Waals surface area contributed by atoms with E-state index < -0.39 is 0 Å². The number of thioether (sulfide) groups is 1. The van der Waals surface area contributed by atoms with Gasteiger partial charge in [-0.1, -0.05) is 35.9 Å². The molecule has 1 aliphatic rings. The van der Waals surface area contributed by atoms with Gasteiger partial charge in [-0.3, -0.25) is 4.79 Å². The summed E-state index contributed by atoms with van der Waals surface area (Å²) in [5.74, 6) is 0.0913. The fourth-order valence-corrected chi connectivity index (χ4v) is 4.03. The van der Waals surface area contributed by atoms with Gasteiger partial charge in [-0.05, 0) is 68.9 Å². The molecule has 2 nitrogen and oxygen atoms in total.